The average Bonchev–Trinajstić information content (AvgIpc) is 2.65. The summed E-state index contributed by atoms with van der Waals surface area (Å²) in [7, 11) is 0. The first-order chi connectivity index (χ1) is 7.95. The smallest absolute Gasteiger partial charge is 0.232 e. The van der Waals surface area contributed by atoms with E-state index in [9.17, 15) is 0 Å². The number of hydrogen-bond acceptors (Lipinski definition) is 5. The summed E-state index contributed by atoms with van der Waals surface area (Å²) < 4.78 is 5.28. The Bertz CT molecular complexity index is 374. The lowest BCUT2D eigenvalue weighted by atomic mass is 9.97. The van der Waals surface area contributed by atoms with Crippen LogP contribution in [-0.4, -0.2) is 34.2 Å². The van der Waals surface area contributed by atoms with Gasteiger partial charge in [-0.3, -0.25) is 4.90 Å². The molecular weight excluding hydrogens is 252 g/mol. The third kappa shape index (κ3) is 3.93. The Morgan fingerprint density at radius 3 is 2.72 bits per heavy atom. The van der Waals surface area contributed by atoms with E-state index in [1.165, 1.54) is 0 Å². The molecule has 104 valence electrons. The minimum Gasteiger partial charge on any atom is -0.339 e. The van der Waals surface area contributed by atoms with Crippen molar-refractivity contribution in [1.29, 1.82) is 0 Å². The van der Waals surface area contributed by atoms with Crippen LogP contribution in [0.5, 0.6) is 0 Å². The quantitative estimate of drug-likeness (QED) is 0.889. The fourth-order valence-corrected chi connectivity index (χ4v) is 2.06. The molecule has 0 spiro atoms. The van der Waals surface area contributed by atoms with Gasteiger partial charge in [-0.1, -0.05) is 25.9 Å². The molecule has 2 heterocycles. The maximum absolute atomic E-state index is 5.95. The maximum atomic E-state index is 5.95. The summed E-state index contributed by atoms with van der Waals surface area (Å²) in [6, 6.07) is 0.290. The number of nitrogens with two attached hydrogens (primary N) is 1. The van der Waals surface area contributed by atoms with Gasteiger partial charge in [0, 0.05) is 18.0 Å². The van der Waals surface area contributed by atoms with Crippen molar-refractivity contribution in [2.24, 2.45) is 5.73 Å². The topological polar surface area (TPSA) is 68.2 Å². The van der Waals surface area contributed by atoms with Crippen molar-refractivity contribution in [3.63, 3.8) is 0 Å². The molecule has 1 saturated heterocycles. The molecule has 2 N–H and O–H groups in total. The van der Waals surface area contributed by atoms with Crippen LogP contribution in [0.3, 0.4) is 0 Å². The molecule has 1 aliphatic rings. The van der Waals surface area contributed by atoms with E-state index in [0.717, 1.165) is 38.3 Å². The predicted octanol–water partition coefficient (Wildman–Crippen LogP) is 1.71. The van der Waals surface area contributed by atoms with Crippen LogP contribution >= 0.6 is 12.4 Å². The van der Waals surface area contributed by atoms with Gasteiger partial charge in [-0.05, 0) is 19.4 Å². The van der Waals surface area contributed by atoms with Gasteiger partial charge in [0.1, 0.15) is 0 Å². The number of aromatic nitrogens is 2. The molecule has 0 bridgehead atoms. The monoisotopic (exact) mass is 274 g/mol. The number of piperidine rings is 1. The first-order valence-electron chi connectivity index (χ1n) is 6.26. The van der Waals surface area contributed by atoms with E-state index < -0.39 is 0 Å². The molecule has 1 unspecified atom stereocenters. The Labute approximate surface area is 115 Å². The van der Waals surface area contributed by atoms with E-state index in [4.69, 9.17) is 10.3 Å². The molecule has 0 radical (unpaired) electrons. The van der Waals surface area contributed by atoms with Gasteiger partial charge in [0.25, 0.3) is 0 Å². The van der Waals surface area contributed by atoms with Crippen LogP contribution in [0.1, 0.15) is 45.3 Å². The molecule has 1 aliphatic heterocycles. The Morgan fingerprint density at radius 2 is 2.17 bits per heavy atom. The van der Waals surface area contributed by atoms with Crippen LogP contribution in [0.25, 0.3) is 0 Å². The summed E-state index contributed by atoms with van der Waals surface area (Å²) in [5, 5.41) is 4.03. The third-order valence-corrected chi connectivity index (χ3v) is 3.02. The summed E-state index contributed by atoms with van der Waals surface area (Å²) in [6.45, 7) is 8.96. The van der Waals surface area contributed by atoms with Gasteiger partial charge >= 0.3 is 0 Å². The SMILES string of the molecule is CC(C)(C)c1nc(CN2CCCC(N)C2)no1.Cl. The molecule has 18 heavy (non-hydrogen) atoms. The number of nitrogens with zero attached hydrogens (tertiary/aromatic N) is 3. The summed E-state index contributed by atoms with van der Waals surface area (Å²) in [5.41, 5.74) is 5.87. The second-order valence-corrected chi connectivity index (χ2v) is 5.90. The first kappa shape index (κ1) is 15.4. The number of rotatable bonds is 2. The van der Waals surface area contributed by atoms with Gasteiger partial charge < -0.3 is 10.3 Å². The molecule has 0 aromatic carbocycles. The van der Waals surface area contributed by atoms with Gasteiger partial charge in [0.15, 0.2) is 5.82 Å². The van der Waals surface area contributed by atoms with Crippen molar-refractivity contribution < 1.29 is 4.52 Å². The molecule has 1 fully saturated rings. The van der Waals surface area contributed by atoms with Crippen LogP contribution in [0, 0.1) is 0 Å². The van der Waals surface area contributed by atoms with Gasteiger partial charge in [-0.25, -0.2) is 0 Å². The van der Waals surface area contributed by atoms with Crippen LogP contribution < -0.4 is 5.73 Å². The van der Waals surface area contributed by atoms with Crippen molar-refractivity contribution in [1.82, 2.24) is 15.0 Å². The maximum Gasteiger partial charge on any atom is 0.232 e. The molecule has 1 atom stereocenters. The first-order valence-corrected chi connectivity index (χ1v) is 6.26. The zero-order chi connectivity index (χ0) is 12.5. The van der Waals surface area contributed by atoms with Crippen molar-refractivity contribution >= 4 is 12.4 Å². The summed E-state index contributed by atoms with van der Waals surface area (Å²) in [6.07, 6.45) is 2.28. The molecule has 5 nitrogen and oxygen atoms in total. The molecule has 0 amide bonds. The van der Waals surface area contributed by atoms with Crippen LogP contribution in [0.15, 0.2) is 4.52 Å². The molecule has 0 saturated carbocycles. The Morgan fingerprint density at radius 1 is 1.44 bits per heavy atom. The lowest BCUT2D eigenvalue weighted by molar-refractivity contribution is 0.194. The Kier molecular flexibility index (Phi) is 5.13. The van der Waals surface area contributed by atoms with Gasteiger partial charge in [0.05, 0.1) is 6.54 Å². The van der Waals surface area contributed by atoms with Crippen molar-refractivity contribution in [3.8, 4) is 0 Å². The van der Waals surface area contributed by atoms with Crippen molar-refractivity contribution in [2.45, 2.75) is 51.6 Å². The zero-order valence-corrected chi connectivity index (χ0v) is 12.2. The average molecular weight is 275 g/mol. The number of halogens is 1. The molecule has 6 heteroatoms. The van der Waals surface area contributed by atoms with E-state index >= 15 is 0 Å². The van der Waals surface area contributed by atoms with E-state index in [2.05, 4.69) is 35.8 Å². The second kappa shape index (κ2) is 5.99. The Hall–Kier alpha value is -0.650. The lowest BCUT2D eigenvalue weighted by Gasteiger charge is -2.29. The number of likely N-dealkylation sites (tertiary alicyclic amines) is 1. The molecule has 0 aliphatic carbocycles. The molecular formula is C12H23ClN4O. The van der Waals surface area contributed by atoms with E-state index in [0.29, 0.717) is 5.89 Å². The van der Waals surface area contributed by atoms with Crippen LogP contribution in [0.2, 0.25) is 0 Å². The lowest BCUT2D eigenvalue weighted by Crippen LogP contribution is -2.42. The fraction of sp³-hybridized carbons (Fsp3) is 0.833. The van der Waals surface area contributed by atoms with Gasteiger partial charge in [-0.2, -0.15) is 4.98 Å². The standard InChI is InChI=1S/C12H22N4O.ClH/c1-12(2,3)11-14-10(15-17-11)8-16-6-4-5-9(13)7-16;/h9H,4-8,13H2,1-3H3;1H. The molecule has 1 aromatic rings. The van der Waals surface area contributed by atoms with E-state index in [1.807, 2.05) is 0 Å². The van der Waals surface area contributed by atoms with Gasteiger partial charge in [-0.15, -0.1) is 12.4 Å². The predicted molar refractivity (Wildman–Crippen MR) is 72.7 cm³/mol. The van der Waals surface area contributed by atoms with Crippen molar-refractivity contribution in [3.05, 3.63) is 11.7 Å². The Balaban J connectivity index is 0.00000162. The summed E-state index contributed by atoms with van der Waals surface area (Å²) in [4.78, 5) is 6.74. The minimum atomic E-state index is -0.0798. The van der Waals surface area contributed by atoms with E-state index in [1.54, 1.807) is 0 Å². The number of hydrogen-bond donors (Lipinski definition) is 1. The van der Waals surface area contributed by atoms with Crippen LogP contribution in [-0.2, 0) is 12.0 Å². The highest BCUT2D eigenvalue weighted by molar-refractivity contribution is 5.85. The fourth-order valence-electron chi connectivity index (χ4n) is 2.06. The highest BCUT2D eigenvalue weighted by atomic mass is 35.5. The largest absolute Gasteiger partial charge is 0.339 e. The van der Waals surface area contributed by atoms with Crippen LogP contribution in [0.4, 0.5) is 0 Å². The van der Waals surface area contributed by atoms with Gasteiger partial charge in [0.2, 0.25) is 5.89 Å². The second-order valence-electron chi connectivity index (χ2n) is 5.90. The highest BCUT2D eigenvalue weighted by Crippen LogP contribution is 2.20. The highest BCUT2D eigenvalue weighted by Gasteiger charge is 2.23. The third-order valence-electron chi connectivity index (χ3n) is 3.02. The van der Waals surface area contributed by atoms with E-state index in [-0.39, 0.29) is 23.9 Å². The molecule has 1 aromatic heterocycles. The minimum absolute atomic E-state index is 0. The summed E-state index contributed by atoms with van der Waals surface area (Å²) in [5.74, 6) is 1.47. The normalized spacial score (nSPS) is 21.7. The summed E-state index contributed by atoms with van der Waals surface area (Å²) >= 11 is 0. The molecule has 2 rings (SSSR count). The zero-order valence-electron chi connectivity index (χ0n) is 11.3. The van der Waals surface area contributed by atoms with Crippen molar-refractivity contribution in [2.75, 3.05) is 13.1 Å².